The molecule has 0 N–H and O–H groups in total. The predicted molar refractivity (Wildman–Crippen MR) is 323 cm³/mol. The molecule has 1 aromatic carbocycles. The van der Waals surface area contributed by atoms with Gasteiger partial charge in [0.05, 0.1) is 56.9 Å². The topological polar surface area (TPSA) is 112 Å². The standard InChI is InChI=1S/C16H12N2.2C15H11N3.C4H10O.3C4H11Si.2Co/c1-3-10-17-15(8-1)13-6-5-7-14(12-13)16-9-2-4-11-18-16;2*1-3-10-16-12(6-1)14-8-5-9-15(18-14)13-7-2-4-11-17-13;1-3-5-4-2;3*1-5(2,3)4;;/h1-12H;2*1-11H;3-4H2,1-2H3;3*1H2,2-4H3;;/q;;;;3*-1;;+2. The van der Waals surface area contributed by atoms with Gasteiger partial charge in [0.2, 0.25) is 0 Å². The van der Waals surface area contributed by atoms with E-state index in [1.165, 1.54) is 0 Å². The Morgan fingerprint density at radius 1 is 0.316 bits per heavy atom. The SMILES string of the molecule is CCOCC.[CH2-][Si](C)(C)C.[CH2-][Si](C)(C)C.[CH2-][Si](C)(C)C.[Co+2].[Co].c1ccc(-c2cccc(-c3ccccn3)c2)nc1.c1ccc(-c2cccc(-c3ccccn3)n2)nc1.c1ccc(-c2cccc(-c3ccccn3)n2)nc1. The molecule has 0 saturated carbocycles. The second kappa shape index (κ2) is 36.9. The molecule has 0 saturated heterocycles. The summed E-state index contributed by atoms with van der Waals surface area (Å²) in [5.41, 5.74) is 11.1. The Morgan fingerprint density at radius 2 is 0.513 bits per heavy atom. The summed E-state index contributed by atoms with van der Waals surface area (Å²) < 4.78 is 4.83. The van der Waals surface area contributed by atoms with Crippen molar-refractivity contribution in [2.75, 3.05) is 13.2 Å². The van der Waals surface area contributed by atoms with E-state index in [-0.39, 0.29) is 33.6 Å². The summed E-state index contributed by atoms with van der Waals surface area (Å²) in [6.07, 6.45) is 10.7. The van der Waals surface area contributed by atoms with Crippen molar-refractivity contribution in [2.45, 2.75) is 72.8 Å². The zero-order valence-corrected chi connectivity index (χ0v) is 51.4. The van der Waals surface area contributed by atoms with Gasteiger partial charge in [-0.15, -0.1) is 24.2 Å². The predicted octanol–water partition coefficient (Wildman–Crippen LogP) is 16.4. The first-order valence-electron chi connectivity index (χ1n) is 24.9. The zero-order valence-electron chi connectivity index (χ0n) is 46.3. The number of hydrogen-bond donors (Lipinski definition) is 0. The molecule has 402 valence electrons. The third-order valence-corrected chi connectivity index (χ3v) is 8.40. The number of hydrogen-bond acceptors (Lipinski definition) is 9. The van der Waals surface area contributed by atoms with Crippen LogP contribution in [0, 0.1) is 19.6 Å². The van der Waals surface area contributed by atoms with E-state index in [9.17, 15) is 0 Å². The third kappa shape index (κ3) is 31.8. The van der Waals surface area contributed by atoms with Crippen molar-refractivity contribution in [1.29, 1.82) is 0 Å². The van der Waals surface area contributed by atoms with Gasteiger partial charge in [0.1, 0.15) is 0 Å². The maximum absolute atomic E-state index is 4.83. The molecule has 8 aromatic heterocycles. The van der Waals surface area contributed by atoms with Crippen LogP contribution in [0.5, 0.6) is 0 Å². The quantitative estimate of drug-likeness (QED) is 0.108. The number of nitrogens with zero attached hydrogens (tertiary/aromatic N) is 8. The molecule has 9 rings (SSSR count). The fraction of sp³-hybridized carbons (Fsp3) is 0.210. The molecule has 9 nitrogen and oxygen atoms in total. The van der Waals surface area contributed by atoms with E-state index in [1.807, 2.05) is 178 Å². The normalized spacial score (nSPS) is 10.2. The molecule has 0 bridgehead atoms. The van der Waals surface area contributed by atoms with Gasteiger partial charge >= 0.3 is 16.8 Å². The largest absolute Gasteiger partial charge is 2.00 e. The van der Waals surface area contributed by atoms with Crippen molar-refractivity contribution in [1.82, 2.24) is 39.9 Å². The third-order valence-electron chi connectivity index (χ3n) is 8.40. The summed E-state index contributed by atoms with van der Waals surface area (Å²) in [4.78, 5) is 35.1. The second-order valence-electron chi connectivity index (χ2n) is 20.2. The average Bonchev–Trinajstić information content (AvgIpc) is 3.40. The summed E-state index contributed by atoms with van der Waals surface area (Å²) in [5.74, 6) is 0. The molecule has 0 spiro atoms. The molecule has 8 heterocycles. The van der Waals surface area contributed by atoms with E-state index in [0.29, 0.717) is 0 Å². The first kappa shape index (κ1) is 68.1. The summed E-state index contributed by atoms with van der Waals surface area (Å²) in [7, 11) is -2.58. The van der Waals surface area contributed by atoms with Gasteiger partial charge in [0, 0.05) is 78.3 Å². The van der Waals surface area contributed by atoms with Crippen LogP contribution in [0.15, 0.2) is 207 Å². The first-order chi connectivity index (χ1) is 35.2. The van der Waals surface area contributed by atoms with Crippen molar-refractivity contribution in [3.63, 3.8) is 0 Å². The minimum Gasteiger partial charge on any atom is -0.382 e. The first-order valence-corrected chi connectivity index (χ1v) is 36.0. The Labute approximate surface area is 479 Å². The van der Waals surface area contributed by atoms with Gasteiger partial charge in [-0.05, 0) is 117 Å². The Kier molecular flexibility index (Phi) is 33.1. The van der Waals surface area contributed by atoms with E-state index in [4.69, 9.17) is 4.74 Å². The molecule has 76 heavy (non-hydrogen) atoms. The number of pyridine rings is 8. The number of rotatable bonds is 8. The Bertz CT molecular complexity index is 2370. The molecule has 0 aliphatic heterocycles. The molecule has 0 amide bonds. The van der Waals surface area contributed by atoms with Crippen LogP contribution >= 0.6 is 0 Å². The minimum atomic E-state index is -0.861. The van der Waals surface area contributed by atoms with Gasteiger partial charge in [-0.3, -0.25) is 29.9 Å². The van der Waals surface area contributed by atoms with E-state index in [1.54, 1.807) is 24.8 Å². The molecule has 0 fully saturated rings. The van der Waals surface area contributed by atoms with Gasteiger partial charge in [0.15, 0.2) is 0 Å². The van der Waals surface area contributed by atoms with Crippen molar-refractivity contribution in [3.8, 4) is 68.1 Å². The summed E-state index contributed by atoms with van der Waals surface area (Å²) >= 11 is 0. The Hall–Kier alpha value is -5.96. The van der Waals surface area contributed by atoms with Gasteiger partial charge in [-0.1, -0.05) is 126 Å². The molecule has 0 atom stereocenters. The van der Waals surface area contributed by atoms with Gasteiger partial charge < -0.3 is 24.4 Å². The second-order valence-corrected chi connectivity index (χ2v) is 35.5. The van der Waals surface area contributed by atoms with Crippen molar-refractivity contribution >= 4 is 24.2 Å². The van der Waals surface area contributed by atoms with Gasteiger partial charge in [0.25, 0.3) is 0 Å². The molecule has 2 radical (unpaired) electrons. The molecular formula is C62H77Co2N8OSi3-. The van der Waals surface area contributed by atoms with Crippen LogP contribution in [0.2, 0.25) is 58.9 Å². The van der Waals surface area contributed by atoms with Gasteiger partial charge in [-0.25, -0.2) is 9.97 Å². The van der Waals surface area contributed by atoms with E-state index in [0.717, 1.165) is 81.3 Å². The zero-order chi connectivity index (χ0) is 54.2. The van der Waals surface area contributed by atoms with Crippen LogP contribution in [0.1, 0.15) is 13.8 Å². The fourth-order valence-corrected chi connectivity index (χ4v) is 5.61. The van der Waals surface area contributed by atoms with Crippen LogP contribution < -0.4 is 0 Å². The smallest absolute Gasteiger partial charge is 0.382 e. The van der Waals surface area contributed by atoms with E-state index in [2.05, 4.69) is 137 Å². The summed E-state index contributed by atoms with van der Waals surface area (Å²) in [5, 5.41) is 0. The number of aromatic nitrogens is 8. The minimum absolute atomic E-state index is 0. The van der Waals surface area contributed by atoms with E-state index >= 15 is 0 Å². The fourth-order valence-electron chi connectivity index (χ4n) is 5.61. The van der Waals surface area contributed by atoms with Crippen LogP contribution in [0.25, 0.3) is 68.1 Å². The summed E-state index contributed by atoms with van der Waals surface area (Å²) in [6.45, 7) is 37.3. The van der Waals surface area contributed by atoms with Crippen molar-refractivity contribution in [2.24, 2.45) is 0 Å². The Morgan fingerprint density at radius 3 is 0.697 bits per heavy atom. The maximum Gasteiger partial charge on any atom is 2.00 e. The molecule has 9 aromatic rings. The monoisotopic (exact) mass is 1150 g/mol. The number of benzene rings is 1. The molecule has 0 aliphatic carbocycles. The molecule has 0 aliphatic rings. The molecular weight excluding hydrogens is 1070 g/mol. The molecule has 14 heteroatoms. The van der Waals surface area contributed by atoms with Crippen molar-refractivity contribution < 1.29 is 38.3 Å². The van der Waals surface area contributed by atoms with Crippen LogP contribution in [0.4, 0.5) is 0 Å². The van der Waals surface area contributed by atoms with E-state index < -0.39 is 24.2 Å². The van der Waals surface area contributed by atoms with Gasteiger partial charge in [-0.2, -0.15) is 0 Å². The van der Waals surface area contributed by atoms with Crippen LogP contribution in [-0.4, -0.2) is 77.3 Å². The Balaban J connectivity index is 0.000000479. The number of ether oxygens (including phenoxy) is 1. The average molecular weight is 1150 g/mol. The van der Waals surface area contributed by atoms with Crippen molar-refractivity contribution in [3.05, 3.63) is 227 Å². The van der Waals surface area contributed by atoms with Crippen LogP contribution in [0.3, 0.4) is 0 Å². The maximum atomic E-state index is 4.83. The van der Waals surface area contributed by atoms with Crippen LogP contribution in [-0.2, 0) is 38.3 Å². The molecule has 0 unspecified atom stereocenters. The summed E-state index contributed by atoms with van der Waals surface area (Å²) in [6, 6.07) is 55.1.